The number of hydrazone groups is 1. The number of rotatable bonds is 3. The lowest BCUT2D eigenvalue weighted by Gasteiger charge is -2.12. The fourth-order valence-electron chi connectivity index (χ4n) is 1.17. The van der Waals surface area contributed by atoms with E-state index in [4.69, 9.17) is 23.8 Å². The van der Waals surface area contributed by atoms with Gasteiger partial charge in [-0.05, 0) is 18.3 Å². The summed E-state index contributed by atoms with van der Waals surface area (Å²) in [4.78, 5) is 10.3. The minimum Gasteiger partial charge on any atom is -0.364 e. The fourth-order valence-corrected chi connectivity index (χ4v) is 1.44. The van der Waals surface area contributed by atoms with Crippen LogP contribution in [0.1, 0.15) is 5.56 Å². The van der Waals surface area contributed by atoms with Gasteiger partial charge in [0.2, 0.25) is 0 Å². The molecule has 0 unspecified atom stereocenters. The van der Waals surface area contributed by atoms with Gasteiger partial charge in [-0.15, -0.1) is 0 Å². The smallest absolute Gasteiger partial charge is 0.279 e. The Morgan fingerprint density at radius 3 is 2.89 bits per heavy atom. The standard InChI is InChI=1S/C10H11ClN4O2S/c1-12-10(18)14(2)13-6-7-8(11)4-3-5-9(7)15(16)17/h3-6H,1-2H3,(H,12,18)/b13-6+. The van der Waals surface area contributed by atoms with Crippen LogP contribution in [0.25, 0.3) is 0 Å². The molecule has 6 nitrogen and oxygen atoms in total. The van der Waals surface area contributed by atoms with E-state index in [-0.39, 0.29) is 16.3 Å². The molecular weight excluding hydrogens is 276 g/mol. The van der Waals surface area contributed by atoms with E-state index in [2.05, 4.69) is 10.4 Å². The zero-order chi connectivity index (χ0) is 13.7. The first kappa shape index (κ1) is 14.3. The Bertz CT molecular complexity index is 507. The van der Waals surface area contributed by atoms with Crippen molar-refractivity contribution in [3.63, 3.8) is 0 Å². The summed E-state index contributed by atoms with van der Waals surface area (Å²) in [6, 6.07) is 4.44. The van der Waals surface area contributed by atoms with Crippen molar-refractivity contribution in [1.82, 2.24) is 10.3 Å². The first-order chi connectivity index (χ1) is 8.47. The normalized spacial score (nSPS) is 10.4. The molecule has 1 aromatic carbocycles. The predicted molar refractivity (Wildman–Crippen MR) is 75.1 cm³/mol. The Kier molecular flexibility index (Phi) is 4.99. The molecule has 0 aliphatic rings. The maximum atomic E-state index is 10.8. The average Bonchev–Trinajstić information content (AvgIpc) is 2.35. The molecular formula is C10H11ClN4O2S. The Balaban J connectivity index is 3.07. The molecule has 1 aromatic rings. The van der Waals surface area contributed by atoms with Gasteiger partial charge in [-0.1, -0.05) is 17.7 Å². The highest BCUT2D eigenvalue weighted by Crippen LogP contribution is 2.24. The number of nitro groups is 1. The van der Waals surface area contributed by atoms with Crippen molar-refractivity contribution in [2.45, 2.75) is 0 Å². The van der Waals surface area contributed by atoms with Crippen molar-refractivity contribution in [2.24, 2.45) is 5.10 Å². The van der Waals surface area contributed by atoms with E-state index in [0.29, 0.717) is 5.11 Å². The van der Waals surface area contributed by atoms with Crippen LogP contribution in [-0.4, -0.2) is 35.4 Å². The number of nitrogens with zero attached hydrogens (tertiary/aromatic N) is 3. The molecule has 8 heteroatoms. The Morgan fingerprint density at radius 2 is 2.33 bits per heavy atom. The summed E-state index contributed by atoms with van der Waals surface area (Å²) in [5, 5.41) is 19.6. The van der Waals surface area contributed by atoms with Crippen LogP contribution in [0.3, 0.4) is 0 Å². The number of nitrogens with one attached hydrogen (secondary N) is 1. The molecule has 1 rings (SSSR count). The van der Waals surface area contributed by atoms with Gasteiger partial charge in [-0.3, -0.25) is 10.1 Å². The van der Waals surface area contributed by atoms with Crippen LogP contribution < -0.4 is 5.32 Å². The van der Waals surface area contributed by atoms with E-state index in [9.17, 15) is 10.1 Å². The minimum absolute atomic E-state index is 0.102. The van der Waals surface area contributed by atoms with Crippen LogP contribution in [0.4, 0.5) is 5.69 Å². The summed E-state index contributed by atoms with van der Waals surface area (Å²) >= 11 is 10.9. The van der Waals surface area contributed by atoms with Crippen LogP contribution in [-0.2, 0) is 0 Å². The van der Waals surface area contributed by atoms with Crippen LogP contribution >= 0.6 is 23.8 Å². The number of hydrogen-bond acceptors (Lipinski definition) is 4. The first-order valence-electron chi connectivity index (χ1n) is 4.89. The molecule has 96 valence electrons. The molecule has 0 heterocycles. The van der Waals surface area contributed by atoms with Crippen molar-refractivity contribution in [1.29, 1.82) is 0 Å². The molecule has 0 spiro atoms. The van der Waals surface area contributed by atoms with E-state index in [1.165, 1.54) is 23.4 Å². The highest BCUT2D eigenvalue weighted by atomic mass is 35.5. The molecule has 0 radical (unpaired) electrons. The van der Waals surface area contributed by atoms with Gasteiger partial charge in [0.15, 0.2) is 5.11 Å². The molecule has 18 heavy (non-hydrogen) atoms. The van der Waals surface area contributed by atoms with Crippen molar-refractivity contribution in [3.05, 3.63) is 38.9 Å². The number of nitro benzene ring substituents is 1. The second-order valence-electron chi connectivity index (χ2n) is 3.25. The summed E-state index contributed by atoms with van der Waals surface area (Å²) < 4.78 is 0. The van der Waals surface area contributed by atoms with Gasteiger partial charge in [0.1, 0.15) is 0 Å². The molecule has 1 N–H and O–H groups in total. The topological polar surface area (TPSA) is 70.8 Å². The lowest BCUT2D eigenvalue weighted by Crippen LogP contribution is -2.30. The molecule has 0 amide bonds. The second kappa shape index (κ2) is 6.27. The van der Waals surface area contributed by atoms with Crippen molar-refractivity contribution < 1.29 is 4.92 Å². The number of thiocarbonyl (C=S) groups is 1. The van der Waals surface area contributed by atoms with Gasteiger partial charge in [-0.25, -0.2) is 5.01 Å². The van der Waals surface area contributed by atoms with Gasteiger partial charge in [0.25, 0.3) is 5.69 Å². The summed E-state index contributed by atoms with van der Waals surface area (Å²) in [6.45, 7) is 0. The third-order valence-electron chi connectivity index (χ3n) is 2.09. The second-order valence-corrected chi connectivity index (χ2v) is 4.05. The summed E-state index contributed by atoms with van der Waals surface area (Å²) in [6.07, 6.45) is 1.31. The minimum atomic E-state index is -0.510. The van der Waals surface area contributed by atoms with E-state index in [1.54, 1.807) is 20.2 Å². The third-order valence-corrected chi connectivity index (χ3v) is 2.89. The first-order valence-corrected chi connectivity index (χ1v) is 5.68. The largest absolute Gasteiger partial charge is 0.364 e. The Morgan fingerprint density at radius 1 is 1.67 bits per heavy atom. The summed E-state index contributed by atoms with van der Waals surface area (Å²) in [5.74, 6) is 0. The molecule has 0 saturated heterocycles. The van der Waals surface area contributed by atoms with Gasteiger partial charge in [-0.2, -0.15) is 5.10 Å². The maximum Gasteiger partial charge on any atom is 0.279 e. The molecule has 0 atom stereocenters. The lowest BCUT2D eigenvalue weighted by molar-refractivity contribution is -0.385. The van der Waals surface area contributed by atoms with E-state index >= 15 is 0 Å². The zero-order valence-electron chi connectivity index (χ0n) is 9.75. The summed E-state index contributed by atoms with van der Waals surface area (Å²) in [7, 11) is 3.28. The van der Waals surface area contributed by atoms with E-state index < -0.39 is 4.92 Å². The van der Waals surface area contributed by atoms with Gasteiger partial charge in [0, 0.05) is 20.2 Å². The number of benzene rings is 1. The molecule has 0 aliphatic carbocycles. The third kappa shape index (κ3) is 3.38. The summed E-state index contributed by atoms with van der Waals surface area (Å²) in [5.41, 5.74) is 0.143. The quantitative estimate of drug-likeness (QED) is 0.398. The Hall–Kier alpha value is -1.73. The predicted octanol–water partition coefficient (Wildman–Crippen LogP) is 2.02. The van der Waals surface area contributed by atoms with Gasteiger partial charge < -0.3 is 5.32 Å². The molecule has 0 aliphatic heterocycles. The highest BCUT2D eigenvalue weighted by Gasteiger charge is 2.14. The van der Waals surface area contributed by atoms with Crippen molar-refractivity contribution in [3.8, 4) is 0 Å². The highest BCUT2D eigenvalue weighted by molar-refractivity contribution is 7.80. The molecule has 0 saturated carbocycles. The van der Waals surface area contributed by atoms with Crippen molar-refractivity contribution in [2.75, 3.05) is 14.1 Å². The average molecular weight is 287 g/mol. The Labute approximate surface area is 114 Å². The monoisotopic (exact) mass is 286 g/mol. The zero-order valence-corrected chi connectivity index (χ0v) is 11.3. The maximum absolute atomic E-state index is 10.8. The fraction of sp³-hybridized carbons (Fsp3) is 0.200. The van der Waals surface area contributed by atoms with E-state index in [0.717, 1.165) is 0 Å². The van der Waals surface area contributed by atoms with Crippen molar-refractivity contribution >= 4 is 40.8 Å². The number of halogens is 1. The molecule has 0 aromatic heterocycles. The van der Waals surface area contributed by atoms with Crippen LogP contribution in [0.5, 0.6) is 0 Å². The van der Waals surface area contributed by atoms with Gasteiger partial charge >= 0.3 is 0 Å². The number of hydrogen-bond donors (Lipinski definition) is 1. The van der Waals surface area contributed by atoms with Gasteiger partial charge in [0.05, 0.1) is 21.7 Å². The SMILES string of the molecule is CNC(=S)N(C)/N=C/c1c(Cl)cccc1[N+](=O)[O-]. The molecule has 0 bridgehead atoms. The van der Waals surface area contributed by atoms with Crippen LogP contribution in [0.15, 0.2) is 23.3 Å². The lowest BCUT2D eigenvalue weighted by atomic mass is 10.2. The van der Waals surface area contributed by atoms with E-state index in [1.807, 2.05) is 0 Å². The van der Waals surface area contributed by atoms with Crippen LogP contribution in [0, 0.1) is 10.1 Å². The molecule has 0 fully saturated rings. The van der Waals surface area contributed by atoms with Crippen LogP contribution in [0.2, 0.25) is 5.02 Å².